The van der Waals surface area contributed by atoms with E-state index in [9.17, 15) is 8.42 Å². The van der Waals surface area contributed by atoms with Crippen LogP contribution in [-0.4, -0.2) is 45.5 Å². The van der Waals surface area contributed by atoms with Crippen molar-refractivity contribution in [1.29, 1.82) is 0 Å². The van der Waals surface area contributed by atoms with Crippen molar-refractivity contribution in [2.24, 2.45) is 0 Å². The third kappa shape index (κ3) is 9.07. The highest BCUT2D eigenvalue weighted by molar-refractivity contribution is 7.98. The zero-order valence-electron chi connectivity index (χ0n) is 28.6. The van der Waals surface area contributed by atoms with Crippen LogP contribution in [0.4, 0.5) is 0 Å². The van der Waals surface area contributed by atoms with E-state index in [4.69, 9.17) is 28.0 Å². The molecule has 0 saturated carbocycles. The largest absolute Gasteiger partial charge is 0.493 e. The van der Waals surface area contributed by atoms with Crippen LogP contribution in [0, 0.1) is 13.8 Å². The standard InChI is InChI=1S/C19H19NO5S.C19H19NO3S/c1-13-9-16(25-20-13)15-10-18(24-12-14-7-5-4-6-8-14)17(23-2)11-19(15)26(3,21)22;1-13-9-16(23-20-13)15-10-18(17(21-2)11-19(15)24-3)22-12-14-7-5-4-6-8-14/h4-11H,12H2,1-3H3;4-11H,12H2,1-3H3. The second-order valence-corrected chi connectivity index (χ2v) is 14.0. The monoisotopic (exact) mass is 714 g/mol. The molecule has 0 amide bonds. The van der Waals surface area contributed by atoms with Crippen LogP contribution in [0.25, 0.3) is 22.6 Å². The molecule has 6 rings (SSSR count). The van der Waals surface area contributed by atoms with Crippen molar-refractivity contribution < 1.29 is 36.4 Å². The first-order valence-corrected chi connectivity index (χ1v) is 18.6. The van der Waals surface area contributed by atoms with E-state index in [2.05, 4.69) is 10.3 Å². The van der Waals surface area contributed by atoms with Crippen molar-refractivity contribution in [3.8, 4) is 45.6 Å². The third-order valence-corrected chi connectivity index (χ3v) is 9.33. The smallest absolute Gasteiger partial charge is 0.176 e. The second-order valence-electron chi connectivity index (χ2n) is 11.2. The van der Waals surface area contributed by atoms with Crippen LogP contribution < -0.4 is 18.9 Å². The summed E-state index contributed by atoms with van der Waals surface area (Å²) in [5.74, 6) is 3.23. The van der Waals surface area contributed by atoms with Gasteiger partial charge >= 0.3 is 0 Å². The molecule has 4 aromatic carbocycles. The minimum absolute atomic E-state index is 0.0950. The molecule has 0 radical (unpaired) electrons. The molecule has 0 aliphatic carbocycles. The van der Waals surface area contributed by atoms with Crippen molar-refractivity contribution in [2.45, 2.75) is 36.9 Å². The van der Waals surface area contributed by atoms with Crippen LogP contribution in [-0.2, 0) is 23.1 Å². The highest BCUT2D eigenvalue weighted by Gasteiger charge is 2.22. The Morgan fingerprint density at radius 1 is 0.640 bits per heavy atom. The van der Waals surface area contributed by atoms with E-state index >= 15 is 0 Å². The summed E-state index contributed by atoms with van der Waals surface area (Å²) in [6.45, 7) is 4.47. The van der Waals surface area contributed by atoms with Crippen LogP contribution in [0.3, 0.4) is 0 Å². The van der Waals surface area contributed by atoms with Gasteiger partial charge < -0.3 is 28.0 Å². The van der Waals surface area contributed by atoms with Gasteiger partial charge in [0.05, 0.1) is 30.5 Å². The average molecular weight is 715 g/mol. The summed E-state index contributed by atoms with van der Waals surface area (Å²) in [5, 5.41) is 7.82. The second kappa shape index (κ2) is 16.5. The Labute approximate surface area is 296 Å². The van der Waals surface area contributed by atoms with Crippen LogP contribution in [0.1, 0.15) is 22.5 Å². The van der Waals surface area contributed by atoms with Gasteiger partial charge in [-0.25, -0.2) is 8.42 Å². The number of thioether (sulfide) groups is 1. The molecule has 10 nitrogen and oxygen atoms in total. The predicted octanol–water partition coefficient (Wildman–Crippen LogP) is 8.60. The fourth-order valence-corrected chi connectivity index (χ4v) is 6.42. The normalized spacial score (nSPS) is 11.0. The molecule has 0 unspecified atom stereocenters. The lowest BCUT2D eigenvalue weighted by Crippen LogP contribution is -2.03. The lowest BCUT2D eigenvalue weighted by atomic mass is 10.1. The molecule has 6 aromatic rings. The number of benzene rings is 4. The number of rotatable bonds is 12. The van der Waals surface area contributed by atoms with E-state index in [0.29, 0.717) is 53.2 Å². The van der Waals surface area contributed by atoms with Crippen molar-refractivity contribution in [3.63, 3.8) is 0 Å². The van der Waals surface area contributed by atoms with E-state index < -0.39 is 9.84 Å². The van der Waals surface area contributed by atoms with Gasteiger partial charge in [-0.3, -0.25) is 0 Å². The average Bonchev–Trinajstić information content (AvgIpc) is 3.77. The molecule has 2 aromatic heterocycles. The van der Waals surface area contributed by atoms with Gasteiger partial charge in [0.1, 0.15) is 13.2 Å². The molecule has 0 fully saturated rings. The number of aromatic nitrogens is 2. The quantitative estimate of drug-likeness (QED) is 0.113. The lowest BCUT2D eigenvalue weighted by Gasteiger charge is -2.14. The minimum atomic E-state index is -3.51. The number of sulfone groups is 1. The number of methoxy groups -OCH3 is 2. The molecule has 0 spiro atoms. The summed E-state index contributed by atoms with van der Waals surface area (Å²) >= 11 is 1.63. The van der Waals surface area contributed by atoms with E-state index in [0.717, 1.165) is 39.3 Å². The Morgan fingerprint density at radius 3 is 1.52 bits per heavy atom. The third-order valence-electron chi connectivity index (χ3n) is 7.41. The SMILES string of the molecule is COc1cc(S(C)(=O)=O)c(-c2cc(C)no2)cc1OCc1ccccc1.COc1cc(SC)c(-c2cc(C)no2)cc1OCc1ccccc1. The van der Waals surface area contributed by atoms with Crippen LogP contribution in [0.2, 0.25) is 0 Å². The van der Waals surface area contributed by atoms with Crippen LogP contribution in [0.15, 0.2) is 116 Å². The van der Waals surface area contributed by atoms with Gasteiger partial charge in [0.15, 0.2) is 44.4 Å². The first-order chi connectivity index (χ1) is 24.1. The summed E-state index contributed by atoms with van der Waals surface area (Å²) < 4.78 is 57.8. The van der Waals surface area contributed by atoms with Crippen molar-refractivity contribution in [2.75, 3.05) is 26.7 Å². The molecule has 0 N–H and O–H groups in total. The summed E-state index contributed by atoms with van der Waals surface area (Å²) in [4.78, 5) is 1.15. The molecule has 0 bridgehead atoms. The van der Waals surface area contributed by atoms with Gasteiger partial charge in [-0.15, -0.1) is 11.8 Å². The molecule has 0 atom stereocenters. The number of hydrogen-bond donors (Lipinski definition) is 0. The number of aryl methyl sites for hydroxylation is 2. The van der Waals surface area contributed by atoms with E-state index in [1.807, 2.05) is 92.0 Å². The fourth-order valence-electron chi connectivity index (χ4n) is 4.94. The molecular weight excluding hydrogens is 677 g/mol. The zero-order chi connectivity index (χ0) is 35.7. The first kappa shape index (κ1) is 36.1. The molecule has 12 heteroatoms. The first-order valence-electron chi connectivity index (χ1n) is 15.5. The van der Waals surface area contributed by atoms with Crippen molar-refractivity contribution >= 4 is 21.6 Å². The maximum atomic E-state index is 12.2. The molecule has 260 valence electrons. The molecular formula is C38H38N2O8S2. The molecule has 50 heavy (non-hydrogen) atoms. The number of ether oxygens (including phenoxy) is 4. The molecule has 0 aliphatic rings. The van der Waals surface area contributed by atoms with Crippen LogP contribution in [0.5, 0.6) is 23.0 Å². The highest BCUT2D eigenvalue weighted by Crippen LogP contribution is 2.41. The highest BCUT2D eigenvalue weighted by atomic mass is 32.2. The fraction of sp³-hybridized carbons (Fsp3) is 0.211. The van der Waals surface area contributed by atoms with Crippen LogP contribution >= 0.6 is 11.8 Å². The molecule has 2 heterocycles. The van der Waals surface area contributed by atoms with Gasteiger partial charge in [-0.1, -0.05) is 71.0 Å². The molecule has 0 aliphatic heterocycles. The summed E-state index contributed by atoms with van der Waals surface area (Å²) in [5.41, 5.74) is 4.93. The summed E-state index contributed by atoms with van der Waals surface area (Å²) in [7, 11) is -0.399. The lowest BCUT2D eigenvalue weighted by molar-refractivity contribution is 0.284. The van der Waals surface area contributed by atoms with Gasteiger partial charge in [-0.2, -0.15) is 0 Å². The van der Waals surface area contributed by atoms with E-state index in [1.165, 1.54) is 13.2 Å². The van der Waals surface area contributed by atoms with E-state index in [1.54, 1.807) is 37.9 Å². The maximum Gasteiger partial charge on any atom is 0.176 e. The zero-order valence-corrected chi connectivity index (χ0v) is 30.3. The van der Waals surface area contributed by atoms with Gasteiger partial charge in [-0.05, 0) is 49.4 Å². The number of nitrogens with zero attached hydrogens (tertiary/aromatic N) is 2. The Hall–Kier alpha value is -5.20. The van der Waals surface area contributed by atoms with Gasteiger partial charge in [0.2, 0.25) is 0 Å². The summed E-state index contributed by atoms with van der Waals surface area (Å²) in [6, 6.07) is 30.3. The minimum Gasteiger partial charge on any atom is -0.493 e. The topological polar surface area (TPSA) is 123 Å². The Kier molecular flexibility index (Phi) is 11.9. The molecule has 0 saturated heterocycles. The van der Waals surface area contributed by atoms with Gasteiger partial charge in [0.25, 0.3) is 0 Å². The Balaban J connectivity index is 0.000000195. The number of hydrogen-bond acceptors (Lipinski definition) is 11. The van der Waals surface area contributed by atoms with Crippen molar-refractivity contribution in [3.05, 3.63) is 120 Å². The summed E-state index contributed by atoms with van der Waals surface area (Å²) in [6.07, 6.45) is 3.16. The Morgan fingerprint density at radius 2 is 1.10 bits per heavy atom. The van der Waals surface area contributed by atoms with Gasteiger partial charge in [0, 0.05) is 40.5 Å². The predicted molar refractivity (Wildman–Crippen MR) is 193 cm³/mol. The van der Waals surface area contributed by atoms with E-state index in [-0.39, 0.29) is 4.90 Å². The van der Waals surface area contributed by atoms with Crippen molar-refractivity contribution in [1.82, 2.24) is 10.3 Å². The maximum absolute atomic E-state index is 12.2. The Bertz CT molecular complexity index is 2130.